The summed E-state index contributed by atoms with van der Waals surface area (Å²) < 4.78 is 0. The quantitative estimate of drug-likeness (QED) is 0.844. The smallest absolute Gasteiger partial charge is 0.254 e. The minimum absolute atomic E-state index is 0.110. The third-order valence-electron chi connectivity index (χ3n) is 4.24. The van der Waals surface area contributed by atoms with Crippen LogP contribution in [-0.2, 0) is 6.42 Å². The van der Waals surface area contributed by atoms with Crippen molar-refractivity contribution in [1.82, 2.24) is 4.90 Å². The molecule has 0 saturated carbocycles. The lowest BCUT2D eigenvalue weighted by molar-refractivity contribution is 0.0705. The number of hydrogen-bond donors (Lipinski definition) is 0. The molecule has 3 nitrogen and oxygen atoms in total. The number of carbonyl (C=O) groups excluding carboxylic acids is 1. The van der Waals surface area contributed by atoms with Crippen molar-refractivity contribution in [1.29, 1.82) is 0 Å². The molecule has 2 aromatic rings. The minimum atomic E-state index is 0.110. The number of amides is 1. The fourth-order valence-corrected chi connectivity index (χ4v) is 2.92. The topological polar surface area (TPSA) is 23.6 Å². The number of hydrogen-bond acceptors (Lipinski definition) is 2. The first-order chi connectivity index (χ1) is 10.1. The van der Waals surface area contributed by atoms with Crippen molar-refractivity contribution in [2.45, 2.75) is 12.5 Å². The normalized spacial score (nSPS) is 17.6. The van der Waals surface area contributed by atoms with Crippen LogP contribution in [0.4, 0.5) is 5.69 Å². The van der Waals surface area contributed by atoms with Gasteiger partial charge in [-0.1, -0.05) is 30.3 Å². The SMILES string of the molecule is CN(C)c1ccc(C2Cc3ccccc3C(=O)N2C)cc1. The Kier molecular flexibility index (Phi) is 3.42. The van der Waals surface area contributed by atoms with Crippen molar-refractivity contribution in [2.75, 3.05) is 26.0 Å². The number of benzene rings is 2. The van der Waals surface area contributed by atoms with Gasteiger partial charge in [-0.15, -0.1) is 0 Å². The maximum atomic E-state index is 12.5. The Morgan fingerprint density at radius 3 is 2.38 bits per heavy atom. The maximum absolute atomic E-state index is 12.5. The molecular weight excluding hydrogens is 260 g/mol. The second kappa shape index (κ2) is 5.24. The van der Waals surface area contributed by atoms with Gasteiger partial charge in [-0.2, -0.15) is 0 Å². The van der Waals surface area contributed by atoms with E-state index in [-0.39, 0.29) is 11.9 Å². The molecule has 0 saturated heterocycles. The van der Waals surface area contributed by atoms with Gasteiger partial charge in [0, 0.05) is 32.4 Å². The average molecular weight is 280 g/mol. The van der Waals surface area contributed by atoms with E-state index in [0.29, 0.717) is 0 Å². The fraction of sp³-hybridized carbons (Fsp3) is 0.278. The van der Waals surface area contributed by atoms with Crippen LogP contribution in [0.1, 0.15) is 27.5 Å². The van der Waals surface area contributed by atoms with Gasteiger partial charge in [-0.25, -0.2) is 0 Å². The van der Waals surface area contributed by atoms with Crippen molar-refractivity contribution in [2.24, 2.45) is 0 Å². The largest absolute Gasteiger partial charge is 0.378 e. The molecular formula is C18H20N2O. The Morgan fingerprint density at radius 2 is 1.71 bits per heavy atom. The van der Waals surface area contributed by atoms with E-state index >= 15 is 0 Å². The highest BCUT2D eigenvalue weighted by atomic mass is 16.2. The molecule has 0 radical (unpaired) electrons. The van der Waals surface area contributed by atoms with Crippen LogP contribution in [0.2, 0.25) is 0 Å². The van der Waals surface area contributed by atoms with Gasteiger partial charge in [0.05, 0.1) is 6.04 Å². The Labute approximate surface area is 125 Å². The summed E-state index contributed by atoms with van der Waals surface area (Å²) in [5.74, 6) is 0.110. The number of nitrogens with zero attached hydrogens (tertiary/aromatic N) is 2. The first-order valence-electron chi connectivity index (χ1n) is 7.20. The second-order valence-corrected chi connectivity index (χ2v) is 5.78. The molecule has 0 fully saturated rings. The molecule has 1 heterocycles. The summed E-state index contributed by atoms with van der Waals surface area (Å²) in [6.07, 6.45) is 0.875. The van der Waals surface area contributed by atoms with Gasteiger partial charge in [0.25, 0.3) is 5.91 Å². The molecule has 1 aliphatic heterocycles. The van der Waals surface area contributed by atoms with Gasteiger partial charge in [0.15, 0.2) is 0 Å². The summed E-state index contributed by atoms with van der Waals surface area (Å²) >= 11 is 0. The zero-order chi connectivity index (χ0) is 15.0. The number of anilines is 1. The Balaban J connectivity index is 1.95. The lowest BCUT2D eigenvalue weighted by Gasteiger charge is -2.34. The molecule has 0 aliphatic carbocycles. The second-order valence-electron chi connectivity index (χ2n) is 5.78. The lowest BCUT2D eigenvalue weighted by Crippen LogP contribution is -2.37. The third-order valence-corrected chi connectivity index (χ3v) is 4.24. The van der Waals surface area contributed by atoms with Crippen LogP contribution in [0.3, 0.4) is 0 Å². The van der Waals surface area contributed by atoms with Gasteiger partial charge in [-0.3, -0.25) is 4.79 Å². The van der Waals surface area contributed by atoms with E-state index in [1.54, 1.807) is 0 Å². The van der Waals surface area contributed by atoms with Crippen molar-refractivity contribution in [3.05, 3.63) is 65.2 Å². The number of likely N-dealkylation sites (N-methyl/N-ethyl adjacent to an activating group) is 1. The van der Waals surface area contributed by atoms with Crippen LogP contribution < -0.4 is 4.90 Å². The van der Waals surface area contributed by atoms with E-state index < -0.39 is 0 Å². The molecule has 0 aromatic heterocycles. The predicted molar refractivity (Wildman–Crippen MR) is 85.7 cm³/mol. The summed E-state index contributed by atoms with van der Waals surface area (Å²) in [7, 11) is 5.95. The molecule has 0 spiro atoms. The molecule has 108 valence electrons. The van der Waals surface area contributed by atoms with Gasteiger partial charge in [-0.05, 0) is 35.7 Å². The summed E-state index contributed by atoms with van der Waals surface area (Å²) in [4.78, 5) is 16.4. The van der Waals surface area contributed by atoms with Crippen LogP contribution in [0.25, 0.3) is 0 Å². The van der Waals surface area contributed by atoms with Crippen molar-refractivity contribution in [3.8, 4) is 0 Å². The van der Waals surface area contributed by atoms with Gasteiger partial charge >= 0.3 is 0 Å². The van der Waals surface area contributed by atoms with Crippen LogP contribution in [0.15, 0.2) is 48.5 Å². The van der Waals surface area contributed by atoms with Crippen LogP contribution in [-0.4, -0.2) is 32.0 Å². The molecule has 1 atom stereocenters. The lowest BCUT2D eigenvalue weighted by atomic mass is 9.90. The summed E-state index contributed by atoms with van der Waals surface area (Å²) in [5.41, 5.74) is 4.33. The van der Waals surface area contributed by atoms with Crippen molar-refractivity contribution < 1.29 is 4.79 Å². The first kappa shape index (κ1) is 13.7. The highest BCUT2D eigenvalue weighted by molar-refractivity contribution is 5.97. The average Bonchev–Trinajstić information content (AvgIpc) is 2.51. The number of carbonyl (C=O) groups is 1. The molecule has 1 amide bonds. The van der Waals surface area contributed by atoms with E-state index in [1.807, 2.05) is 44.2 Å². The zero-order valence-corrected chi connectivity index (χ0v) is 12.7. The standard InChI is InChI=1S/C18H20N2O/c1-19(2)15-10-8-13(9-11-15)17-12-14-6-4-5-7-16(14)18(21)20(17)3/h4-11,17H,12H2,1-3H3. The Bertz CT molecular complexity index is 661. The monoisotopic (exact) mass is 280 g/mol. The Hall–Kier alpha value is -2.29. The molecule has 21 heavy (non-hydrogen) atoms. The Morgan fingerprint density at radius 1 is 1.05 bits per heavy atom. The highest BCUT2D eigenvalue weighted by Crippen LogP contribution is 2.32. The highest BCUT2D eigenvalue weighted by Gasteiger charge is 2.30. The van der Waals surface area contributed by atoms with E-state index in [4.69, 9.17) is 0 Å². The van der Waals surface area contributed by atoms with Gasteiger partial charge < -0.3 is 9.80 Å². The predicted octanol–water partition coefficient (Wildman–Crippen LogP) is 3.12. The van der Waals surface area contributed by atoms with Crippen molar-refractivity contribution in [3.63, 3.8) is 0 Å². The van der Waals surface area contributed by atoms with Gasteiger partial charge in [0.2, 0.25) is 0 Å². The van der Waals surface area contributed by atoms with Crippen LogP contribution in [0, 0.1) is 0 Å². The summed E-state index contributed by atoms with van der Waals surface area (Å²) in [6, 6.07) is 16.5. The first-order valence-corrected chi connectivity index (χ1v) is 7.20. The molecule has 0 bridgehead atoms. The minimum Gasteiger partial charge on any atom is -0.378 e. The summed E-state index contributed by atoms with van der Waals surface area (Å²) in [5, 5.41) is 0. The third kappa shape index (κ3) is 2.40. The molecule has 1 unspecified atom stereocenters. The van der Waals surface area contributed by atoms with E-state index in [0.717, 1.165) is 17.5 Å². The van der Waals surface area contributed by atoms with E-state index in [2.05, 4.69) is 35.2 Å². The fourth-order valence-electron chi connectivity index (χ4n) is 2.92. The zero-order valence-electron chi connectivity index (χ0n) is 12.7. The van der Waals surface area contributed by atoms with Crippen LogP contribution in [0.5, 0.6) is 0 Å². The number of rotatable bonds is 2. The molecule has 2 aromatic carbocycles. The van der Waals surface area contributed by atoms with Crippen LogP contribution >= 0.6 is 0 Å². The molecule has 1 aliphatic rings. The van der Waals surface area contributed by atoms with Crippen molar-refractivity contribution >= 4 is 11.6 Å². The number of fused-ring (bicyclic) bond motifs is 1. The summed E-state index contributed by atoms with van der Waals surface area (Å²) in [6.45, 7) is 0. The molecule has 0 N–H and O–H groups in total. The van der Waals surface area contributed by atoms with E-state index in [1.165, 1.54) is 11.3 Å². The maximum Gasteiger partial charge on any atom is 0.254 e. The molecule has 3 rings (SSSR count). The molecule has 3 heteroatoms. The van der Waals surface area contributed by atoms with Gasteiger partial charge in [0.1, 0.15) is 0 Å². The van der Waals surface area contributed by atoms with E-state index in [9.17, 15) is 4.79 Å².